The quantitative estimate of drug-likeness (QED) is 0.0647. The van der Waals surface area contributed by atoms with Gasteiger partial charge in [-0.05, 0) is 63.6 Å². The van der Waals surface area contributed by atoms with Crippen molar-refractivity contribution < 1.29 is 76.6 Å². The highest BCUT2D eigenvalue weighted by Gasteiger charge is 2.22. The van der Waals surface area contributed by atoms with Crippen molar-refractivity contribution in [3.8, 4) is 0 Å². The molecular weight excluding hydrogens is 604 g/mol. The van der Waals surface area contributed by atoms with Crippen LogP contribution in [0.3, 0.4) is 0 Å². The molecule has 0 saturated carbocycles. The lowest BCUT2D eigenvalue weighted by Crippen LogP contribution is -2.29. The van der Waals surface area contributed by atoms with Crippen LogP contribution in [0.25, 0.3) is 0 Å². The average molecular weight is 637 g/mol. The fourth-order valence-corrected chi connectivity index (χ4v) is 2.66. The van der Waals surface area contributed by atoms with Crippen molar-refractivity contribution in [2.45, 2.75) is 51.7 Å². The van der Waals surface area contributed by atoms with Crippen LogP contribution in [0.2, 0.25) is 0 Å². The van der Waals surface area contributed by atoms with Crippen molar-refractivity contribution in [1.29, 1.82) is 0 Å². The molecule has 0 radical (unpaired) electrons. The fraction of sp³-hybridized carbons (Fsp3) is 0.538. The molecule has 0 aromatic heterocycles. The molecule has 1 N–H and O–H groups in total. The van der Waals surface area contributed by atoms with Crippen molar-refractivity contribution >= 4 is 58.6 Å². The Balaban J connectivity index is 4.26. The smallest absolute Gasteiger partial charge is 0.345 e. The molecule has 0 spiro atoms. The monoisotopic (exact) mass is 636 g/mol. The van der Waals surface area contributed by atoms with E-state index in [2.05, 4.69) is 14.2 Å². The zero-order valence-electron chi connectivity index (χ0n) is 23.9. The molecule has 0 saturated heterocycles. The Hall–Kier alpha value is -4.31. The summed E-state index contributed by atoms with van der Waals surface area (Å²) < 4.78 is 33.3. The van der Waals surface area contributed by atoms with E-state index in [1.165, 1.54) is 52.0 Å². The zero-order valence-corrected chi connectivity index (χ0v) is 24.7. The van der Waals surface area contributed by atoms with Gasteiger partial charge in [0.2, 0.25) is 5.24 Å². The number of esters is 7. The Bertz CT molecular complexity index is 1090. The van der Waals surface area contributed by atoms with Crippen LogP contribution >= 0.6 is 11.6 Å². The number of hydrogen-bond donors (Lipinski definition) is 1. The molecule has 0 aliphatic rings. The first-order valence-electron chi connectivity index (χ1n) is 12.3. The summed E-state index contributed by atoms with van der Waals surface area (Å²) in [6.07, 6.45) is 3.87. The summed E-state index contributed by atoms with van der Waals surface area (Å²) in [4.78, 5) is 91.4. The molecule has 0 rings (SSSR count). The Kier molecular flexibility index (Phi) is 17.8. The molecule has 240 valence electrons. The minimum absolute atomic E-state index is 0.242. The van der Waals surface area contributed by atoms with Crippen LogP contribution in [0.15, 0.2) is 24.3 Å². The summed E-state index contributed by atoms with van der Waals surface area (Å²) in [5.41, 5.74) is -2.29. The summed E-state index contributed by atoms with van der Waals surface area (Å²) in [5.74, 6) is -6.90. The first-order valence-corrected chi connectivity index (χ1v) is 12.7. The van der Waals surface area contributed by atoms with Crippen molar-refractivity contribution in [2.75, 3.05) is 39.6 Å². The summed E-state index contributed by atoms with van der Waals surface area (Å²) in [5, 5.41) is 7.75. The lowest BCUT2D eigenvalue weighted by atomic mass is 10.1. The van der Waals surface area contributed by atoms with Crippen LogP contribution in [0.4, 0.5) is 0 Å². The molecule has 0 unspecified atom stereocenters. The molecule has 0 heterocycles. The van der Waals surface area contributed by atoms with Gasteiger partial charge in [0, 0.05) is 0 Å². The van der Waals surface area contributed by atoms with Gasteiger partial charge in [-0.1, -0.05) is 0 Å². The van der Waals surface area contributed by atoms with E-state index in [0.717, 1.165) is 0 Å². The molecule has 0 aromatic carbocycles. The molecular formula is C26H33ClO16. The van der Waals surface area contributed by atoms with E-state index in [1.54, 1.807) is 0 Å². The van der Waals surface area contributed by atoms with Gasteiger partial charge < -0.3 is 38.3 Å². The van der Waals surface area contributed by atoms with Crippen LogP contribution in [0.5, 0.6) is 0 Å². The molecule has 0 aromatic rings. The molecule has 0 fully saturated rings. The maximum absolute atomic E-state index is 12.0. The van der Waals surface area contributed by atoms with Crippen molar-refractivity contribution in [3.63, 3.8) is 0 Å². The Morgan fingerprint density at radius 2 is 0.930 bits per heavy atom. The first kappa shape index (κ1) is 38.7. The van der Waals surface area contributed by atoms with E-state index in [-0.39, 0.29) is 13.2 Å². The van der Waals surface area contributed by atoms with Gasteiger partial charge in [0.1, 0.15) is 43.9 Å². The highest BCUT2D eigenvalue weighted by Crippen LogP contribution is 2.12. The standard InChI is InChI=1S/C26H33ClO16/c1-25(2,42-21(33)13-28)7-5-9-38-23(35)15-40-19(31)12-20(32)41-16-24(36)43-26(3,4)8-6-10-37-22(34)14-39-18(30)11-17(27)29/h5-8,28H,9-16H2,1-4H3. The third-order valence-corrected chi connectivity index (χ3v) is 4.36. The molecule has 0 aliphatic carbocycles. The predicted octanol–water partition coefficient (Wildman–Crippen LogP) is -0.00370. The summed E-state index contributed by atoms with van der Waals surface area (Å²) in [7, 11) is 0. The summed E-state index contributed by atoms with van der Waals surface area (Å²) >= 11 is 5.01. The van der Waals surface area contributed by atoms with E-state index < -0.39 is 97.5 Å². The first-order chi connectivity index (χ1) is 19.9. The SMILES string of the molecule is CC(C)(C=CCOC(=O)COC(=O)CC(=O)OCC(=O)OC(C)(C)C=CCOC(=O)COC(=O)CC(=O)Cl)OC(=O)CO. The number of rotatable bonds is 19. The van der Waals surface area contributed by atoms with E-state index in [4.69, 9.17) is 35.7 Å². The molecule has 0 bridgehead atoms. The number of aliphatic hydroxyl groups is 1. The maximum atomic E-state index is 12.0. The minimum Gasteiger partial charge on any atom is -0.459 e. The Morgan fingerprint density at radius 3 is 1.33 bits per heavy atom. The van der Waals surface area contributed by atoms with Gasteiger partial charge in [-0.3, -0.25) is 19.2 Å². The molecule has 17 heteroatoms. The number of aliphatic hydroxyl groups excluding tert-OH is 1. The van der Waals surface area contributed by atoms with Crippen molar-refractivity contribution in [3.05, 3.63) is 24.3 Å². The van der Waals surface area contributed by atoms with E-state index in [9.17, 15) is 38.4 Å². The van der Waals surface area contributed by atoms with Gasteiger partial charge in [-0.25, -0.2) is 19.2 Å². The number of carbonyl (C=O) groups is 8. The van der Waals surface area contributed by atoms with Crippen LogP contribution in [-0.2, 0) is 71.5 Å². The number of hydrogen-bond acceptors (Lipinski definition) is 16. The minimum atomic E-state index is -1.23. The third kappa shape index (κ3) is 22.0. The van der Waals surface area contributed by atoms with Crippen molar-refractivity contribution in [2.24, 2.45) is 0 Å². The van der Waals surface area contributed by atoms with Gasteiger partial charge >= 0.3 is 41.8 Å². The average Bonchev–Trinajstić information content (AvgIpc) is 2.89. The Morgan fingerprint density at radius 1 is 0.558 bits per heavy atom. The number of carbonyl (C=O) groups excluding carboxylic acids is 8. The number of ether oxygens (including phenoxy) is 7. The maximum Gasteiger partial charge on any atom is 0.345 e. The highest BCUT2D eigenvalue weighted by molar-refractivity contribution is 6.64. The predicted molar refractivity (Wildman–Crippen MR) is 141 cm³/mol. The van der Waals surface area contributed by atoms with Gasteiger partial charge in [-0.15, -0.1) is 0 Å². The lowest BCUT2D eigenvalue weighted by molar-refractivity contribution is -0.168. The largest absolute Gasteiger partial charge is 0.459 e. The van der Waals surface area contributed by atoms with Crippen LogP contribution in [0, 0.1) is 0 Å². The van der Waals surface area contributed by atoms with E-state index in [0.29, 0.717) is 0 Å². The number of halogens is 1. The Labute approximate surface area is 251 Å². The van der Waals surface area contributed by atoms with E-state index >= 15 is 0 Å². The second-order valence-corrected chi connectivity index (χ2v) is 9.60. The fourth-order valence-electron chi connectivity index (χ4n) is 2.55. The van der Waals surface area contributed by atoms with Gasteiger partial charge in [-0.2, -0.15) is 0 Å². The molecule has 43 heavy (non-hydrogen) atoms. The normalized spacial score (nSPS) is 11.4. The van der Waals surface area contributed by atoms with Crippen LogP contribution in [-0.4, -0.2) is 103 Å². The van der Waals surface area contributed by atoms with Gasteiger partial charge in [0.15, 0.2) is 19.8 Å². The molecule has 0 atom stereocenters. The highest BCUT2D eigenvalue weighted by atomic mass is 35.5. The second-order valence-electron chi connectivity index (χ2n) is 9.17. The lowest BCUT2D eigenvalue weighted by Gasteiger charge is -2.21. The molecule has 0 aliphatic heterocycles. The van der Waals surface area contributed by atoms with Gasteiger partial charge in [0.25, 0.3) is 0 Å². The summed E-state index contributed by atoms with van der Waals surface area (Å²) in [6, 6.07) is 0. The topological polar surface area (TPSA) is 221 Å². The third-order valence-electron chi connectivity index (χ3n) is 4.23. The van der Waals surface area contributed by atoms with Crippen LogP contribution in [0.1, 0.15) is 40.5 Å². The molecule has 16 nitrogen and oxygen atoms in total. The second kappa shape index (κ2) is 19.7. The van der Waals surface area contributed by atoms with E-state index in [1.807, 2.05) is 0 Å². The summed E-state index contributed by atoms with van der Waals surface area (Å²) in [6.45, 7) is 2.31. The molecule has 0 amide bonds. The van der Waals surface area contributed by atoms with Crippen molar-refractivity contribution in [1.82, 2.24) is 0 Å². The van der Waals surface area contributed by atoms with Crippen LogP contribution < -0.4 is 0 Å². The zero-order chi connectivity index (χ0) is 33.1. The van der Waals surface area contributed by atoms with Gasteiger partial charge in [0.05, 0.1) is 0 Å².